The van der Waals surface area contributed by atoms with Gasteiger partial charge in [-0.25, -0.2) is 0 Å². The highest BCUT2D eigenvalue weighted by atomic mass is 79.9. The number of nitrogens with one attached hydrogen (secondary N) is 1. The number of amides is 1. The largest absolute Gasteiger partial charge is 0.398 e. The number of hydrogen-bond acceptors (Lipinski definition) is 3. The predicted octanol–water partition coefficient (Wildman–Crippen LogP) is 0.753. The Bertz CT molecular complexity index is 342. The molecule has 0 spiro atoms. The summed E-state index contributed by atoms with van der Waals surface area (Å²) in [4.78, 5) is 11.4. The summed E-state index contributed by atoms with van der Waals surface area (Å²) in [5.41, 5.74) is 6.67. The number of benzene rings is 1. The highest BCUT2D eigenvalue weighted by Crippen LogP contribution is 2.20. The van der Waals surface area contributed by atoms with Crippen LogP contribution >= 0.6 is 15.9 Å². The lowest BCUT2D eigenvalue weighted by molar-refractivity contribution is 0.0945. The molecule has 1 aromatic rings. The topological polar surface area (TPSA) is 75.4 Å². The zero-order valence-electron chi connectivity index (χ0n) is 7.46. The molecule has 0 saturated carbocycles. The van der Waals surface area contributed by atoms with Gasteiger partial charge in [0.2, 0.25) is 0 Å². The maximum absolute atomic E-state index is 11.4. The molecule has 0 fully saturated rings. The van der Waals surface area contributed by atoms with Gasteiger partial charge in [0.05, 0.1) is 6.61 Å². The third-order valence-corrected chi connectivity index (χ3v) is 2.35. The number of nitrogens with two attached hydrogens (primary N) is 1. The van der Waals surface area contributed by atoms with Crippen LogP contribution in [-0.2, 0) is 0 Å². The number of hydrogen-bond donors (Lipinski definition) is 3. The molecule has 4 nitrogen and oxygen atoms in total. The Morgan fingerprint density at radius 2 is 2.29 bits per heavy atom. The number of aliphatic hydroxyl groups excluding tert-OH is 1. The summed E-state index contributed by atoms with van der Waals surface area (Å²) in [6, 6.07) is 4.92. The molecule has 0 bridgehead atoms. The van der Waals surface area contributed by atoms with E-state index in [1.54, 1.807) is 18.2 Å². The van der Waals surface area contributed by atoms with Gasteiger partial charge in [0.1, 0.15) is 0 Å². The van der Waals surface area contributed by atoms with Gasteiger partial charge in [0.15, 0.2) is 0 Å². The van der Waals surface area contributed by atoms with Crippen molar-refractivity contribution in [1.82, 2.24) is 5.32 Å². The molecule has 1 rings (SSSR count). The Balaban J connectivity index is 2.76. The van der Waals surface area contributed by atoms with E-state index in [0.717, 1.165) is 0 Å². The van der Waals surface area contributed by atoms with E-state index in [2.05, 4.69) is 21.2 Å². The van der Waals surface area contributed by atoms with Crippen LogP contribution in [0.4, 0.5) is 5.69 Å². The van der Waals surface area contributed by atoms with E-state index >= 15 is 0 Å². The summed E-state index contributed by atoms with van der Waals surface area (Å²) in [6.07, 6.45) is 0. The summed E-state index contributed by atoms with van der Waals surface area (Å²) in [5, 5.41) is 11.1. The summed E-state index contributed by atoms with van der Waals surface area (Å²) < 4.78 is 0.689. The van der Waals surface area contributed by atoms with Crippen molar-refractivity contribution in [2.45, 2.75) is 0 Å². The maximum atomic E-state index is 11.4. The number of halogens is 1. The Morgan fingerprint density at radius 3 is 2.86 bits per heavy atom. The number of rotatable bonds is 3. The van der Waals surface area contributed by atoms with Crippen molar-refractivity contribution in [3.05, 3.63) is 28.2 Å². The summed E-state index contributed by atoms with van der Waals surface area (Å²) in [7, 11) is 0. The summed E-state index contributed by atoms with van der Waals surface area (Å²) in [6.45, 7) is 0.183. The van der Waals surface area contributed by atoms with Crippen molar-refractivity contribution in [2.75, 3.05) is 18.9 Å². The average Bonchev–Trinajstić information content (AvgIpc) is 2.18. The lowest BCUT2D eigenvalue weighted by Gasteiger charge is -2.04. The molecule has 14 heavy (non-hydrogen) atoms. The van der Waals surface area contributed by atoms with Crippen LogP contribution in [0.1, 0.15) is 10.4 Å². The highest BCUT2D eigenvalue weighted by molar-refractivity contribution is 9.10. The minimum atomic E-state index is -0.222. The van der Waals surface area contributed by atoms with Gasteiger partial charge in [-0.1, -0.05) is 0 Å². The fourth-order valence-corrected chi connectivity index (χ4v) is 1.32. The predicted molar refractivity (Wildman–Crippen MR) is 58.0 cm³/mol. The smallest absolute Gasteiger partial charge is 0.251 e. The molecule has 0 atom stereocenters. The molecule has 0 aromatic heterocycles. The number of nitrogen functional groups attached to an aromatic ring is 1. The van der Waals surface area contributed by atoms with Gasteiger partial charge in [-0.2, -0.15) is 0 Å². The van der Waals surface area contributed by atoms with E-state index in [1.807, 2.05) is 0 Å². The van der Waals surface area contributed by atoms with Crippen LogP contribution in [0.15, 0.2) is 22.7 Å². The molecule has 0 aliphatic heterocycles. The second-order valence-corrected chi connectivity index (χ2v) is 3.57. The molecule has 76 valence electrons. The number of aliphatic hydroxyl groups is 1. The molecule has 0 aliphatic rings. The Kier molecular flexibility index (Phi) is 3.91. The van der Waals surface area contributed by atoms with Gasteiger partial charge in [0.25, 0.3) is 5.91 Å². The molecule has 1 amide bonds. The number of carbonyl (C=O) groups is 1. The minimum absolute atomic E-state index is 0.0676. The molecular weight excluding hydrogens is 248 g/mol. The van der Waals surface area contributed by atoms with Crippen LogP contribution < -0.4 is 11.1 Å². The van der Waals surface area contributed by atoms with E-state index < -0.39 is 0 Å². The van der Waals surface area contributed by atoms with Crippen LogP contribution in [0.5, 0.6) is 0 Å². The average molecular weight is 259 g/mol. The Labute approximate surface area is 90.2 Å². The van der Waals surface area contributed by atoms with Crippen LogP contribution in [0.2, 0.25) is 0 Å². The fraction of sp³-hybridized carbons (Fsp3) is 0.222. The summed E-state index contributed by atoms with van der Waals surface area (Å²) in [5.74, 6) is -0.222. The lowest BCUT2D eigenvalue weighted by atomic mass is 10.2. The molecule has 4 N–H and O–H groups in total. The second kappa shape index (κ2) is 4.97. The number of carbonyl (C=O) groups excluding carboxylic acids is 1. The van der Waals surface area contributed by atoms with E-state index in [-0.39, 0.29) is 19.1 Å². The maximum Gasteiger partial charge on any atom is 0.251 e. The van der Waals surface area contributed by atoms with Crippen molar-refractivity contribution in [1.29, 1.82) is 0 Å². The zero-order valence-corrected chi connectivity index (χ0v) is 9.04. The van der Waals surface area contributed by atoms with E-state index in [9.17, 15) is 4.79 Å². The van der Waals surface area contributed by atoms with Crippen LogP contribution in [-0.4, -0.2) is 24.2 Å². The number of anilines is 1. The molecule has 5 heteroatoms. The second-order valence-electron chi connectivity index (χ2n) is 2.72. The van der Waals surface area contributed by atoms with Crippen molar-refractivity contribution >= 4 is 27.5 Å². The van der Waals surface area contributed by atoms with Gasteiger partial charge < -0.3 is 16.2 Å². The third kappa shape index (κ3) is 2.71. The SMILES string of the molecule is Nc1ccc(C(=O)NCCO)cc1Br. The Morgan fingerprint density at radius 1 is 1.57 bits per heavy atom. The standard InChI is InChI=1S/C9H11BrN2O2/c10-7-5-6(1-2-8(7)11)9(14)12-3-4-13/h1-2,5,13H,3-4,11H2,(H,12,14). The van der Waals surface area contributed by atoms with Crippen LogP contribution in [0, 0.1) is 0 Å². The quantitative estimate of drug-likeness (QED) is 0.701. The van der Waals surface area contributed by atoms with E-state index in [1.165, 1.54) is 0 Å². The van der Waals surface area contributed by atoms with Crippen LogP contribution in [0.25, 0.3) is 0 Å². The first kappa shape index (κ1) is 11.0. The van der Waals surface area contributed by atoms with E-state index in [4.69, 9.17) is 10.8 Å². The van der Waals surface area contributed by atoms with Crippen molar-refractivity contribution < 1.29 is 9.90 Å². The van der Waals surface area contributed by atoms with E-state index in [0.29, 0.717) is 15.7 Å². The molecular formula is C9H11BrN2O2. The van der Waals surface area contributed by atoms with Crippen molar-refractivity contribution in [3.63, 3.8) is 0 Å². The first-order valence-electron chi connectivity index (χ1n) is 4.09. The van der Waals surface area contributed by atoms with Crippen molar-refractivity contribution in [2.24, 2.45) is 0 Å². The first-order chi connectivity index (χ1) is 6.65. The molecule has 0 heterocycles. The van der Waals surface area contributed by atoms with Gasteiger partial charge >= 0.3 is 0 Å². The lowest BCUT2D eigenvalue weighted by Crippen LogP contribution is -2.26. The van der Waals surface area contributed by atoms with Crippen LogP contribution in [0.3, 0.4) is 0 Å². The Hall–Kier alpha value is -1.07. The van der Waals surface area contributed by atoms with Gasteiger partial charge in [-0.3, -0.25) is 4.79 Å². The van der Waals surface area contributed by atoms with Gasteiger partial charge in [-0.05, 0) is 34.1 Å². The molecule has 0 radical (unpaired) electrons. The fourth-order valence-electron chi connectivity index (χ4n) is 0.940. The van der Waals surface area contributed by atoms with Gasteiger partial charge in [0, 0.05) is 22.3 Å². The molecule has 0 saturated heterocycles. The molecule has 1 aromatic carbocycles. The third-order valence-electron chi connectivity index (χ3n) is 1.66. The highest BCUT2D eigenvalue weighted by Gasteiger charge is 2.05. The first-order valence-corrected chi connectivity index (χ1v) is 4.88. The zero-order chi connectivity index (χ0) is 10.6. The minimum Gasteiger partial charge on any atom is -0.398 e. The molecule has 0 aliphatic carbocycles. The summed E-state index contributed by atoms with van der Waals surface area (Å²) >= 11 is 3.23. The monoisotopic (exact) mass is 258 g/mol. The normalized spacial score (nSPS) is 9.86. The van der Waals surface area contributed by atoms with Gasteiger partial charge in [-0.15, -0.1) is 0 Å². The van der Waals surface area contributed by atoms with Crippen molar-refractivity contribution in [3.8, 4) is 0 Å². The molecule has 0 unspecified atom stereocenters.